The average Bonchev–Trinajstić information content (AvgIpc) is 3.08. The van der Waals surface area contributed by atoms with Crippen molar-refractivity contribution in [2.45, 2.75) is 37.2 Å². The van der Waals surface area contributed by atoms with Gasteiger partial charge >= 0.3 is 0 Å². The molecule has 1 amide bonds. The Morgan fingerprint density at radius 3 is 2.69 bits per heavy atom. The van der Waals surface area contributed by atoms with Crippen molar-refractivity contribution in [1.29, 1.82) is 0 Å². The molecule has 1 N–H and O–H groups in total. The Morgan fingerprint density at radius 2 is 1.88 bits per heavy atom. The zero-order chi connectivity index (χ0) is 18.5. The van der Waals surface area contributed by atoms with E-state index in [0.717, 1.165) is 17.7 Å². The number of anilines is 1. The first-order chi connectivity index (χ1) is 12.4. The molecular weight excluding hydrogens is 350 g/mol. The van der Waals surface area contributed by atoms with Crippen molar-refractivity contribution in [3.63, 3.8) is 0 Å². The van der Waals surface area contributed by atoms with Gasteiger partial charge in [-0.15, -0.1) is 0 Å². The molecule has 6 nitrogen and oxygen atoms in total. The van der Waals surface area contributed by atoms with Crippen molar-refractivity contribution in [1.82, 2.24) is 4.72 Å². The fraction of sp³-hybridized carbons (Fsp3) is 0.263. The Bertz CT molecular complexity index is 1030. The predicted octanol–water partition coefficient (Wildman–Crippen LogP) is 2.09. The predicted molar refractivity (Wildman–Crippen MR) is 99.9 cm³/mol. The quantitative estimate of drug-likeness (QED) is 0.880. The highest BCUT2D eigenvalue weighted by molar-refractivity contribution is 7.90. The van der Waals surface area contributed by atoms with E-state index in [2.05, 4.69) is 9.71 Å². The molecular formula is C19H19N3O3S. The van der Waals surface area contributed by atoms with Crippen LogP contribution in [0, 0.1) is 0 Å². The van der Waals surface area contributed by atoms with Crippen LogP contribution in [0.5, 0.6) is 0 Å². The number of amidine groups is 1. The molecule has 0 aromatic heterocycles. The van der Waals surface area contributed by atoms with Crippen LogP contribution < -0.4 is 9.62 Å². The Labute approximate surface area is 152 Å². The van der Waals surface area contributed by atoms with Gasteiger partial charge < -0.3 is 4.90 Å². The standard InChI is InChI=1S/C19H19N3O3S/c1-12-11-14-7-3-5-9-16(14)22(12)19(23)13(2)20-18-15-8-4-6-10-17(15)26(24,25)21-18/h3-10,12-13H,11H2,1-2H3,(H,20,21)/t12-,13-/m0/s1. The van der Waals surface area contributed by atoms with Crippen LogP contribution in [0.2, 0.25) is 0 Å². The molecule has 2 heterocycles. The van der Waals surface area contributed by atoms with Gasteiger partial charge in [-0.1, -0.05) is 30.3 Å². The van der Waals surface area contributed by atoms with Gasteiger partial charge in [0.25, 0.3) is 15.9 Å². The molecule has 2 aliphatic heterocycles. The van der Waals surface area contributed by atoms with E-state index >= 15 is 0 Å². The average molecular weight is 369 g/mol. The highest BCUT2D eigenvalue weighted by Crippen LogP contribution is 2.32. The summed E-state index contributed by atoms with van der Waals surface area (Å²) in [6, 6.07) is 13.8. The number of hydrogen-bond acceptors (Lipinski definition) is 4. The number of amides is 1. The Kier molecular flexibility index (Phi) is 3.84. The Morgan fingerprint density at radius 1 is 1.19 bits per heavy atom. The number of carbonyl (C=O) groups is 1. The number of hydrogen-bond donors (Lipinski definition) is 1. The minimum atomic E-state index is -3.61. The summed E-state index contributed by atoms with van der Waals surface area (Å²) in [4.78, 5) is 19.4. The molecule has 2 aromatic rings. The number of fused-ring (bicyclic) bond motifs is 2. The van der Waals surface area contributed by atoms with Gasteiger partial charge in [0, 0.05) is 17.3 Å². The first-order valence-corrected chi connectivity index (χ1v) is 9.98. The maximum Gasteiger partial charge on any atom is 0.263 e. The molecule has 2 aromatic carbocycles. The van der Waals surface area contributed by atoms with Gasteiger partial charge in [-0.05, 0) is 44.0 Å². The third-order valence-electron chi connectivity index (χ3n) is 4.79. The van der Waals surface area contributed by atoms with Crippen LogP contribution in [-0.2, 0) is 21.2 Å². The van der Waals surface area contributed by atoms with Crippen LogP contribution in [0.25, 0.3) is 0 Å². The molecule has 0 saturated heterocycles. The van der Waals surface area contributed by atoms with E-state index in [1.54, 1.807) is 30.0 Å². The summed E-state index contributed by atoms with van der Waals surface area (Å²) in [6.07, 6.45) is 0.806. The molecule has 4 rings (SSSR count). The number of sulfonamides is 1. The molecule has 7 heteroatoms. The summed E-state index contributed by atoms with van der Waals surface area (Å²) in [5, 5.41) is 0. The maximum absolute atomic E-state index is 13.0. The third-order valence-corrected chi connectivity index (χ3v) is 6.18. The first-order valence-electron chi connectivity index (χ1n) is 8.49. The number of para-hydroxylation sites is 1. The van der Waals surface area contributed by atoms with Crippen molar-refractivity contribution in [3.8, 4) is 0 Å². The maximum atomic E-state index is 13.0. The zero-order valence-electron chi connectivity index (χ0n) is 14.5. The van der Waals surface area contributed by atoms with E-state index < -0.39 is 16.1 Å². The number of aliphatic imine (C=N–C) groups is 1. The Hall–Kier alpha value is -2.67. The van der Waals surface area contributed by atoms with Gasteiger partial charge in [0.15, 0.2) is 0 Å². The van der Waals surface area contributed by atoms with Crippen LogP contribution in [0.1, 0.15) is 25.0 Å². The minimum absolute atomic E-state index is 0.0510. The van der Waals surface area contributed by atoms with E-state index in [0.29, 0.717) is 5.56 Å². The molecule has 0 bridgehead atoms. The van der Waals surface area contributed by atoms with Gasteiger partial charge in [0.2, 0.25) is 0 Å². The van der Waals surface area contributed by atoms with Crippen molar-refractivity contribution >= 4 is 27.5 Å². The largest absolute Gasteiger partial charge is 0.307 e. The molecule has 0 unspecified atom stereocenters. The monoisotopic (exact) mass is 369 g/mol. The lowest BCUT2D eigenvalue weighted by molar-refractivity contribution is -0.119. The lowest BCUT2D eigenvalue weighted by Gasteiger charge is -2.24. The molecule has 0 radical (unpaired) electrons. The van der Waals surface area contributed by atoms with Crippen LogP contribution in [-0.4, -0.2) is 32.2 Å². The molecule has 134 valence electrons. The number of nitrogens with zero attached hydrogens (tertiary/aromatic N) is 2. The molecule has 0 saturated carbocycles. The Balaban J connectivity index is 1.66. The second-order valence-corrected chi connectivity index (χ2v) is 8.30. The second kappa shape index (κ2) is 5.95. The molecule has 0 aliphatic carbocycles. The molecule has 2 aliphatic rings. The van der Waals surface area contributed by atoms with Gasteiger partial charge in [-0.25, -0.2) is 8.42 Å². The zero-order valence-corrected chi connectivity index (χ0v) is 15.3. The van der Waals surface area contributed by atoms with Gasteiger partial charge in [-0.3, -0.25) is 14.5 Å². The summed E-state index contributed by atoms with van der Waals surface area (Å²) in [5.41, 5.74) is 2.55. The molecule has 0 fully saturated rings. The van der Waals surface area contributed by atoms with Gasteiger partial charge in [-0.2, -0.15) is 0 Å². The summed E-state index contributed by atoms with van der Waals surface area (Å²) in [7, 11) is -3.61. The van der Waals surface area contributed by atoms with E-state index in [4.69, 9.17) is 0 Å². The van der Waals surface area contributed by atoms with Crippen LogP contribution in [0.3, 0.4) is 0 Å². The molecule has 26 heavy (non-hydrogen) atoms. The normalized spacial score (nSPS) is 22.6. The van der Waals surface area contributed by atoms with Crippen LogP contribution >= 0.6 is 0 Å². The second-order valence-electron chi connectivity index (χ2n) is 6.65. The van der Waals surface area contributed by atoms with E-state index in [1.165, 1.54) is 6.07 Å². The lowest BCUT2D eigenvalue weighted by atomic mass is 10.1. The van der Waals surface area contributed by atoms with Crippen LogP contribution in [0.15, 0.2) is 58.4 Å². The van der Waals surface area contributed by atoms with Crippen molar-refractivity contribution in [2.75, 3.05) is 4.90 Å². The summed E-state index contributed by atoms with van der Waals surface area (Å²) in [6.45, 7) is 3.70. The number of rotatable bonds is 2. The van der Waals surface area contributed by atoms with Crippen molar-refractivity contribution in [2.24, 2.45) is 4.99 Å². The van der Waals surface area contributed by atoms with Crippen molar-refractivity contribution in [3.05, 3.63) is 59.7 Å². The third kappa shape index (κ3) is 2.59. The highest BCUT2D eigenvalue weighted by atomic mass is 32.2. The lowest BCUT2D eigenvalue weighted by Crippen LogP contribution is -2.41. The van der Waals surface area contributed by atoms with Gasteiger partial charge in [0.1, 0.15) is 11.9 Å². The smallest absolute Gasteiger partial charge is 0.263 e. The summed E-state index contributed by atoms with van der Waals surface area (Å²) in [5.74, 6) is 0.0834. The van der Waals surface area contributed by atoms with E-state index in [-0.39, 0.29) is 22.7 Å². The SMILES string of the molecule is C[C@H](N=C1NS(=O)(=O)c2ccccc21)C(=O)N1c2ccccc2C[C@@H]1C. The number of carbonyl (C=O) groups excluding carboxylic acids is 1. The fourth-order valence-corrected chi connectivity index (χ4v) is 4.82. The van der Waals surface area contributed by atoms with Crippen LogP contribution in [0.4, 0.5) is 5.69 Å². The summed E-state index contributed by atoms with van der Waals surface area (Å²) >= 11 is 0. The fourth-order valence-electron chi connectivity index (χ4n) is 3.58. The van der Waals surface area contributed by atoms with Gasteiger partial charge in [0.05, 0.1) is 4.90 Å². The van der Waals surface area contributed by atoms with Crippen molar-refractivity contribution < 1.29 is 13.2 Å². The molecule has 2 atom stereocenters. The number of nitrogens with one attached hydrogen (secondary N) is 1. The number of benzene rings is 2. The summed E-state index contributed by atoms with van der Waals surface area (Å²) < 4.78 is 26.9. The minimum Gasteiger partial charge on any atom is -0.307 e. The van der Waals surface area contributed by atoms with E-state index in [9.17, 15) is 13.2 Å². The topological polar surface area (TPSA) is 78.8 Å². The molecule has 0 spiro atoms. The van der Waals surface area contributed by atoms with E-state index in [1.807, 2.05) is 31.2 Å². The highest BCUT2D eigenvalue weighted by Gasteiger charge is 2.35. The first kappa shape index (κ1) is 16.8.